The molecular formula is C14H19FN2OS. The molecule has 1 aromatic heterocycles. The highest BCUT2D eigenvalue weighted by molar-refractivity contribution is 7.22. The smallest absolute Gasteiger partial charge is 0.183 e. The predicted molar refractivity (Wildman–Crippen MR) is 78.3 cm³/mol. The average Bonchev–Trinajstić information content (AvgIpc) is 2.75. The quantitative estimate of drug-likeness (QED) is 0.782. The molecule has 2 rings (SSSR count). The Morgan fingerprint density at radius 2 is 2.21 bits per heavy atom. The van der Waals surface area contributed by atoms with E-state index in [-0.39, 0.29) is 5.82 Å². The maximum Gasteiger partial charge on any atom is 0.183 e. The number of ether oxygens (including phenoxy) is 1. The SMILES string of the molecule is CC(C)CCOCCNc1nc2cc(F)ccc2s1. The van der Waals surface area contributed by atoms with Gasteiger partial charge in [0, 0.05) is 19.2 Å². The van der Waals surface area contributed by atoms with Gasteiger partial charge in [-0.3, -0.25) is 0 Å². The van der Waals surface area contributed by atoms with Gasteiger partial charge in [-0.25, -0.2) is 9.37 Å². The Morgan fingerprint density at radius 3 is 3.00 bits per heavy atom. The molecule has 0 saturated heterocycles. The van der Waals surface area contributed by atoms with Crippen molar-refractivity contribution in [3.63, 3.8) is 0 Å². The fraction of sp³-hybridized carbons (Fsp3) is 0.500. The summed E-state index contributed by atoms with van der Waals surface area (Å²) < 4.78 is 19.5. The summed E-state index contributed by atoms with van der Waals surface area (Å²) >= 11 is 1.53. The van der Waals surface area contributed by atoms with Crippen molar-refractivity contribution in [1.82, 2.24) is 4.98 Å². The van der Waals surface area contributed by atoms with Gasteiger partial charge in [-0.2, -0.15) is 0 Å². The molecule has 0 bridgehead atoms. The van der Waals surface area contributed by atoms with E-state index in [2.05, 4.69) is 24.1 Å². The lowest BCUT2D eigenvalue weighted by Gasteiger charge is -2.06. The molecular weight excluding hydrogens is 263 g/mol. The van der Waals surface area contributed by atoms with Crippen LogP contribution in [0, 0.1) is 11.7 Å². The van der Waals surface area contributed by atoms with Crippen molar-refractivity contribution in [3.8, 4) is 0 Å². The van der Waals surface area contributed by atoms with E-state index in [0.29, 0.717) is 18.0 Å². The third-order valence-electron chi connectivity index (χ3n) is 2.71. The fourth-order valence-electron chi connectivity index (χ4n) is 1.63. The van der Waals surface area contributed by atoms with Gasteiger partial charge in [-0.05, 0) is 24.5 Å². The normalized spacial score (nSPS) is 11.4. The van der Waals surface area contributed by atoms with Crippen molar-refractivity contribution in [3.05, 3.63) is 24.0 Å². The van der Waals surface area contributed by atoms with E-state index in [1.54, 1.807) is 6.07 Å². The molecule has 0 amide bonds. The Kier molecular flexibility index (Phi) is 5.10. The zero-order chi connectivity index (χ0) is 13.7. The standard InChI is InChI=1S/C14H19FN2OS/c1-10(2)5-7-18-8-6-16-14-17-12-9-11(15)3-4-13(12)19-14/h3-4,9-10H,5-8H2,1-2H3,(H,16,17). The first-order valence-corrected chi connectivity index (χ1v) is 7.34. The van der Waals surface area contributed by atoms with Crippen LogP contribution >= 0.6 is 11.3 Å². The van der Waals surface area contributed by atoms with Crippen LogP contribution in [-0.2, 0) is 4.74 Å². The first kappa shape index (κ1) is 14.2. The molecule has 1 heterocycles. The van der Waals surface area contributed by atoms with E-state index in [0.717, 1.165) is 29.4 Å². The molecule has 0 aliphatic heterocycles. The van der Waals surface area contributed by atoms with Crippen LogP contribution in [0.2, 0.25) is 0 Å². The largest absolute Gasteiger partial charge is 0.380 e. The number of hydrogen-bond acceptors (Lipinski definition) is 4. The van der Waals surface area contributed by atoms with Crippen molar-refractivity contribution >= 4 is 26.7 Å². The van der Waals surface area contributed by atoms with Gasteiger partial charge >= 0.3 is 0 Å². The van der Waals surface area contributed by atoms with Gasteiger partial charge in [0.15, 0.2) is 5.13 Å². The van der Waals surface area contributed by atoms with E-state index < -0.39 is 0 Å². The van der Waals surface area contributed by atoms with Crippen LogP contribution in [0.1, 0.15) is 20.3 Å². The molecule has 0 aliphatic carbocycles. The number of rotatable bonds is 7. The molecule has 0 aliphatic rings. The van der Waals surface area contributed by atoms with Gasteiger partial charge in [0.25, 0.3) is 0 Å². The van der Waals surface area contributed by atoms with E-state index >= 15 is 0 Å². The highest BCUT2D eigenvalue weighted by Gasteiger charge is 2.04. The van der Waals surface area contributed by atoms with Crippen molar-refractivity contribution in [2.75, 3.05) is 25.1 Å². The third-order valence-corrected chi connectivity index (χ3v) is 3.71. The number of nitrogens with one attached hydrogen (secondary N) is 1. The number of aromatic nitrogens is 1. The molecule has 0 unspecified atom stereocenters. The second kappa shape index (κ2) is 6.82. The highest BCUT2D eigenvalue weighted by Crippen LogP contribution is 2.25. The number of thiazole rings is 1. The number of benzene rings is 1. The Morgan fingerprint density at radius 1 is 1.37 bits per heavy atom. The molecule has 104 valence electrons. The summed E-state index contributed by atoms with van der Waals surface area (Å²) in [6, 6.07) is 4.67. The molecule has 2 aromatic rings. The first-order chi connectivity index (χ1) is 9.15. The number of anilines is 1. The van der Waals surface area contributed by atoms with E-state index in [4.69, 9.17) is 4.74 Å². The van der Waals surface area contributed by atoms with Gasteiger partial charge in [-0.15, -0.1) is 0 Å². The van der Waals surface area contributed by atoms with Crippen molar-refractivity contribution in [2.24, 2.45) is 5.92 Å². The monoisotopic (exact) mass is 282 g/mol. The van der Waals surface area contributed by atoms with Crippen LogP contribution in [0.3, 0.4) is 0 Å². The number of fused-ring (bicyclic) bond motifs is 1. The lowest BCUT2D eigenvalue weighted by atomic mass is 10.1. The van der Waals surface area contributed by atoms with Crippen molar-refractivity contribution in [1.29, 1.82) is 0 Å². The molecule has 3 nitrogen and oxygen atoms in total. The topological polar surface area (TPSA) is 34.1 Å². The molecule has 0 radical (unpaired) electrons. The predicted octanol–water partition coefficient (Wildman–Crippen LogP) is 3.91. The summed E-state index contributed by atoms with van der Waals surface area (Å²) in [7, 11) is 0. The van der Waals surface area contributed by atoms with Crippen LogP contribution < -0.4 is 5.32 Å². The Hall–Kier alpha value is -1.20. The molecule has 1 N–H and O–H groups in total. The Balaban J connectivity index is 1.75. The van der Waals surface area contributed by atoms with E-state index in [1.165, 1.54) is 23.5 Å². The Labute approximate surface area is 116 Å². The zero-order valence-corrected chi connectivity index (χ0v) is 12.1. The van der Waals surface area contributed by atoms with Gasteiger partial charge in [-0.1, -0.05) is 25.2 Å². The van der Waals surface area contributed by atoms with Gasteiger partial charge in [0.1, 0.15) is 5.82 Å². The summed E-state index contributed by atoms with van der Waals surface area (Å²) in [6.45, 7) is 6.55. The number of halogens is 1. The van der Waals surface area contributed by atoms with Crippen LogP contribution in [0.25, 0.3) is 10.2 Å². The minimum absolute atomic E-state index is 0.249. The maximum atomic E-state index is 13.0. The van der Waals surface area contributed by atoms with E-state index in [1.807, 2.05) is 0 Å². The average molecular weight is 282 g/mol. The molecule has 0 fully saturated rings. The second-order valence-electron chi connectivity index (χ2n) is 4.85. The lowest BCUT2D eigenvalue weighted by molar-refractivity contribution is 0.132. The van der Waals surface area contributed by atoms with Gasteiger partial charge in [0.2, 0.25) is 0 Å². The van der Waals surface area contributed by atoms with Crippen LogP contribution in [0.5, 0.6) is 0 Å². The maximum absolute atomic E-state index is 13.0. The summed E-state index contributed by atoms with van der Waals surface area (Å²) in [5.74, 6) is 0.425. The molecule has 0 spiro atoms. The van der Waals surface area contributed by atoms with Crippen LogP contribution in [0.15, 0.2) is 18.2 Å². The number of hydrogen-bond donors (Lipinski definition) is 1. The fourth-order valence-corrected chi connectivity index (χ4v) is 2.50. The van der Waals surface area contributed by atoms with Crippen LogP contribution in [0.4, 0.5) is 9.52 Å². The summed E-state index contributed by atoms with van der Waals surface area (Å²) in [5, 5.41) is 4.01. The van der Waals surface area contributed by atoms with Crippen LogP contribution in [-0.4, -0.2) is 24.7 Å². The lowest BCUT2D eigenvalue weighted by Crippen LogP contribution is -2.10. The second-order valence-corrected chi connectivity index (χ2v) is 5.88. The number of nitrogens with zero attached hydrogens (tertiary/aromatic N) is 1. The molecule has 0 saturated carbocycles. The summed E-state index contributed by atoms with van der Waals surface area (Å²) in [4.78, 5) is 4.33. The molecule has 1 aromatic carbocycles. The minimum atomic E-state index is -0.249. The van der Waals surface area contributed by atoms with Gasteiger partial charge in [0.05, 0.1) is 16.8 Å². The molecule has 19 heavy (non-hydrogen) atoms. The summed E-state index contributed by atoms with van der Waals surface area (Å²) in [5.41, 5.74) is 0.702. The van der Waals surface area contributed by atoms with Crippen molar-refractivity contribution in [2.45, 2.75) is 20.3 Å². The molecule has 0 atom stereocenters. The summed E-state index contributed by atoms with van der Waals surface area (Å²) in [6.07, 6.45) is 1.08. The Bertz CT molecular complexity index is 527. The highest BCUT2D eigenvalue weighted by atomic mass is 32.1. The molecule has 5 heteroatoms. The van der Waals surface area contributed by atoms with Crippen molar-refractivity contribution < 1.29 is 9.13 Å². The zero-order valence-electron chi connectivity index (χ0n) is 11.3. The van der Waals surface area contributed by atoms with Gasteiger partial charge < -0.3 is 10.1 Å². The van der Waals surface area contributed by atoms with E-state index in [9.17, 15) is 4.39 Å². The third kappa shape index (κ3) is 4.44. The minimum Gasteiger partial charge on any atom is -0.380 e. The first-order valence-electron chi connectivity index (χ1n) is 6.53.